The fraction of sp³-hybridized carbons (Fsp3) is 0.370. The van der Waals surface area contributed by atoms with E-state index in [1.165, 1.54) is 12.7 Å². The highest BCUT2D eigenvalue weighted by Gasteiger charge is 2.30. The van der Waals surface area contributed by atoms with Crippen LogP contribution in [0.1, 0.15) is 29.9 Å². The molecule has 2 N–H and O–H groups in total. The average Bonchev–Trinajstić information content (AvgIpc) is 3.34. The van der Waals surface area contributed by atoms with Crippen molar-refractivity contribution in [1.29, 1.82) is 0 Å². The summed E-state index contributed by atoms with van der Waals surface area (Å²) in [6, 6.07) is 8.13. The van der Waals surface area contributed by atoms with Crippen molar-refractivity contribution in [2.75, 3.05) is 51.1 Å². The van der Waals surface area contributed by atoms with E-state index in [9.17, 15) is 4.79 Å². The molecule has 1 saturated heterocycles. The van der Waals surface area contributed by atoms with Gasteiger partial charge in [-0.25, -0.2) is 19.7 Å². The van der Waals surface area contributed by atoms with Crippen molar-refractivity contribution in [3.8, 4) is 11.3 Å². The molecule has 0 atom stereocenters. The Kier molecular flexibility index (Phi) is 6.96. The van der Waals surface area contributed by atoms with Gasteiger partial charge in [0.2, 0.25) is 0 Å². The molecule has 0 saturated carbocycles. The third-order valence-electron chi connectivity index (χ3n) is 7.06. The molecule has 1 aliphatic heterocycles. The number of aromatic nitrogens is 5. The molecule has 11 nitrogen and oxygen atoms in total. The molecule has 0 spiro atoms. The summed E-state index contributed by atoms with van der Waals surface area (Å²) in [6.45, 7) is 7.71. The number of nitrogens with one attached hydrogen (secondary N) is 2. The Morgan fingerprint density at radius 2 is 1.82 bits per heavy atom. The number of carbonyl (C=O) groups excluding carboxylic acids is 1. The van der Waals surface area contributed by atoms with Crippen LogP contribution < -0.4 is 10.6 Å². The summed E-state index contributed by atoms with van der Waals surface area (Å²) < 4.78 is 12.4. The number of imidazole rings is 1. The maximum atomic E-state index is 12.8. The van der Waals surface area contributed by atoms with Gasteiger partial charge in [-0.3, -0.25) is 9.88 Å². The normalized spacial score (nSPS) is 14.4. The number of benzene rings is 1. The second kappa shape index (κ2) is 10.3. The monoisotopic (exact) mass is 516 g/mol. The molecule has 1 aliphatic rings. The lowest BCUT2D eigenvalue weighted by Gasteiger charge is -2.41. The Balaban J connectivity index is 1.50. The molecule has 4 aromatic rings. The number of esters is 1. The fourth-order valence-electron chi connectivity index (χ4n) is 4.74. The van der Waals surface area contributed by atoms with E-state index in [0.29, 0.717) is 22.6 Å². The number of aryl methyl sites for hydroxylation is 1. The van der Waals surface area contributed by atoms with Crippen molar-refractivity contribution >= 4 is 34.3 Å². The van der Waals surface area contributed by atoms with Crippen LogP contribution in [0.15, 0.2) is 43.0 Å². The molecular formula is C27H32N8O3. The van der Waals surface area contributed by atoms with E-state index in [1.54, 1.807) is 25.8 Å². The van der Waals surface area contributed by atoms with Gasteiger partial charge in [0.15, 0.2) is 17.3 Å². The number of morpholine rings is 1. The largest absolute Gasteiger partial charge is 0.464 e. The zero-order valence-electron chi connectivity index (χ0n) is 22.3. The molecule has 0 bridgehead atoms. The van der Waals surface area contributed by atoms with Crippen molar-refractivity contribution in [1.82, 2.24) is 29.4 Å². The van der Waals surface area contributed by atoms with E-state index < -0.39 is 5.97 Å². The van der Waals surface area contributed by atoms with Gasteiger partial charge in [-0.2, -0.15) is 0 Å². The summed E-state index contributed by atoms with van der Waals surface area (Å²) in [7, 11) is 4.97. The highest BCUT2D eigenvalue weighted by Crippen LogP contribution is 2.34. The van der Waals surface area contributed by atoms with Crippen LogP contribution in [-0.4, -0.2) is 75.8 Å². The van der Waals surface area contributed by atoms with Crippen LogP contribution in [-0.2, 0) is 22.1 Å². The quantitative estimate of drug-likeness (QED) is 0.353. The second-order valence-corrected chi connectivity index (χ2v) is 9.63. The van der Waals surface area contributed by atoms with Gasteiger partial charge in [-0.1, -0.05) is 12.1 Å². The molecule has 38 heavy (non-hydrogen) atoms. The molecule has 0 unspecified atom stereocenters. The molecule has 3 aromatic heterocycles. The highest BCUT2D eigenvalue weighted by molar-refractivity contribution is 5.98. The fourth-order valence-corrected chi connectivity index (χ4v) is 4.74. The predicted octanol–water partition coefficient (Wildman–Crippen LogP) is 3.56. The zero-order chi connectivity index (χ0) is 26.9. The van der Waals surface area contributed by atoms with Crippen molar-refractivity contribution < 1.29 is 14.3 Å². The summed E-state index contributed by atoms with van der Waals surface area (Å²) in [5.74, 6) is 0.159. The first-order valence-corrected chi connectivity index (χ1v) is 12.5. The smallest absolute Gasteiger partial charge is 0.360 e. The van der Waals surface area contributed by atoms with E-state index in [-0.39, 0.29) is 17.1 Å². The van der Waals surface area contributed by atoms with Crippen LogP contribution in [0.25, 0.3) is 22.3 Å². The first kappa shape index (κ1) is 25.6. The maximum absolute atomic E-state index is 12.8. The van der Waals surface area contributed by atoms with E-state index in [4.69, 9.17) is 14.5 Å². The number of pyridine rings is 1. The lowest BCUT2D eigenvalue weighted by atomic mass is 9.91. The molecule has 0 aliphatic carbocycles. The summed E-state index contributed by atoms with van der Waals surface area (Å²) in [5, 5.41) is 6.35. The third-order valence-corrected chi connectivity index (χ3v) is 7.06. The Morgan fingerprint density at radius 3 is 2.50 bits per heavy atom. The minimum absolute atomic E-state index is 0.0622. The van der Waals surface area contributed by atoms with Crippen LogP contribution in [0.3, 0.4) is 0 Å². The zero-order valence-corrected chi connectivity index (χ0v) is 22.3. The summed E-state index contributed by atoms with van der Waals surface area (Å²) >= 11 is 0. The highest BCUT2D eigenvalue weighted by atomic mass is 16.5. The number of anilines is 3. The number of ether oxygens (including phenoxy) is 2. The number of carbonyl (C=O) groups is 1. The topological polar surface area (TPSA) is 119 Å². The molecule has 1 aromatic carbocycles. The number of rotatable bonds is 7. The Bertz CT molecular complexity index is 1460. The predicted molar refractivity (Wildman–Crippen MR) is 146 cm³/mol. The summed E-state index contributed by atoms with van der Waals surface area (Å²) in [6.07, 6.45) is 5.12. The van der Waals surface area contributed by atoms with Crippen LogP contribution in [0, 0.1) is 0 Å². The van der Waals surface area contributed by atoms with E-state index in [2.05, 4.69) is 56.5 Å². The second-order valence-electron chi connectivity index (χ2n) is 9.63. The number of hydrogen-bond donors (Lipinski definition) is 2. The molecule has 0 radical (unpaired) electrons. The van der Waals surface area contributed by atoms with Gasteiger partial charge in [0.25, 0.3) is 0 Å². The average molecular weight is 517 g/mol. The van der Waals surface area contributed by atoms with E-state index >= 15 is 0 Å². The van der Waals surface area contributed by atoms with Gasteiger partial charge >= 0.3 is 5.97 Å². The Labute approximate surface area is 221 Å². The van der Waals surface area contributed by atoms with Crippen LogP contribution in [0.4, 0.5) is 17.3 Å². The summed E-state index contributed by atoms with van der Waals surface area (Å²) in [5.41, 5.74) is 4.55. The number of methoxy groups -OCH3 is 1. The van der Waals surface area contributed by atoms with Crippen molar-refractivity contribution in [3.05, 3.63) is 54.2 Å². The SMILES string of the molecule is CNc1nc(Nc2ccc(C(C)(C)N3CCOCC3)cc2)c(C(=O)OC)nc1-c1cncc2c1ncn2C. The first-order valence-electron chi connectivity index (χ1n) is 12.5. The molecule has 0 amide bonds. The van der Waals surface area contributed by atoms with Gasteiger partial charge in [0, 0.05) is 44.6 Å². The number of fused-ring (bicyclic) bond motifs is 1. The van der Waals surface area contributed by atoms with Crippen LogP contribution in [0.2, 0.25) is 0 Å². The van der Waals surface area contributed by atoms with Crippen molar-refractivity contribution in [2.24, 2.45) is 7.05 Å². The minimum Gasteiger partial charge on any atom is -0.464 e. The number of nitrogens with zero attached hydrogens (tertiary/aromatic N) is 6. The van der Waals surface area contributed by atoms with Gasteiger partial charge in [0.05, 0.1) is 43.9 Å². The van der Waals surface area contributed by atoms with Gasteiger partial charge in [-0.05, 0) is 31.5 Å². The minimum atomic E-state index is -0.602. The number of hydrogen-bond acceptors (Lipinski definition) is 10. The maximum Gasteiger partial charge on any atom is 0.360 e. The van der Waals surface area contributed by atoms with Crippen molar-refractivity contribution in [3.63, 3.8) is 0 Å². The van der Waals surface area contributed by atoms with Gasteiger partial charge in [-0.15, -0.1) is 0 Å². The lowest BCUT2D eigenvalue weighted by Crippen LogP contribution is -2.47. The van der Waals surface area contributed by atoms with E-state index in [1.807, 2.05) is 23.7 Å². The lowest BCUT2D eigenvalue weighted by molar-refractivity contribution is -0.0118. The standard InChI is InChI=1S/C27H32N8O3/c1-27(2,35-10-12-38-13-11-35)17-6-8-18(9-7-17)31-25-23(26(36)37-5)32-22(24(28-3)33-25)19-14-29-15-20-21(19)30-16-34(20)4/h6-9,14-16H,10-13H2,1-5H3,(H2,28,31,33). The molecular weight excluding hydrogens is 484 g/mol. The molecule has 11 heteroatoms. The van der Waals surface area contributed by atoms with E-state index in [0.717, 1.165) is 37.5 Å². The summed E-state index contributed by atoms with van der Waals surface area (Å²) in [4.78, 5) is 33.5. The molecule has 4 heterocycles. The Morgan fingerprint density at radius 1 is 1.08 bits per heavy atom. The van der Waals surface area contributed by atoms with Crippen LogP contribution in [0.5, 0.6) is 0 Å². The van der Waals surface area contributed by atoms with Crippen molar-refractivity contribution in [2.45, 2.75) is 19.4 Å². The first-order chi connectivity index (χ1) is 18.3. The molecule has 198 valence electrons. The Hall–Kier alpha value is -4.09. The third kappa shape index (κ3) is 4.66. The van der Waals surface area contributed by atoms with Crippen LogP contribution >= 0.6 is 0 Å². The molecule has 5 rings (SSSR count). The van der Waals surface area contributed by atoms with Gasteiger partial charge in [0.1, 0.15) is 11.2 Å². The molecule has 1 fully saturated rings. The van der Waals surface area contributed by atoms with Gasteiger partial charge < -0.3 is 24.7 Å².